The predicted octanol–water partition coefficient (Wildman–Crippen LogP) is 6.89. The predicted molar refractivity (Wildman–Crippen MR) is 175 cm³/mol. The second-order valence-corrected chi connectivity index (χ2v) is 13.0. The van der Waals surface area contributed by atoms with Gasteiger partial charge < -0.3 is 24.3 Å². The van der Waals surface area contributed by atoms with Crippen LogP contribution in [0.5, 0.6) is 5.75 Å². The van der Waals surface area contributed by atoms with Crippen molar-refractivity contribution >= 4 is 12.1 Å². The van der Waals surface area contributed by atoms with Gasteiger partial charge in [-0.2, -0.15) is 0 Å². The highest BCUT2D eigenvalue weighted by Gasteiger charge is 2.29. The van der Waals surface area contributed by atoms with Gasteiger partial charge in [0.2, 0.25) is 0 Å². The molecule has 0 aromatic heterocycles. The van der Waals surface area contributed by atoms with Crippen molar-refractivity contribution in [1.29, 1.82) is 0 Å². The van der Waals surface area contributed by atoms with Gasteiger partial charge in [-0.05, 0) is 80.5 Å². The lowest BCUT2D eigenvalue weighted by atomic mass is 9.84. The molecule has 0 saturated heterocycles. The number of hydrogen-bond acceptors (Lipinski definition) is 7. The fourth-order valence-corrected chi connectivity index (χ4v) is 5.76. The molecule has 2 atom stereocenters. The molecule has 0 heterocycles. The van der Waals surface area contributed by atoms with E-state index >= 15 is 0 Å². The number of nitrogens with zero attached hydrogens (tertiary/aromatic N) is 1. The minimum absolute atomic E-state index is 0.0611. The summed E-state index contributed by atoms with van der Waals surface area (Å²) < 4.78 is 11.1. The monoisotopic (exact) mass is 616 g/mol. The Labute approximate surface area is 267 Å². The Balaban J connectivity index is 1.54. The van der Waals surface area contributed by atoms with Gasteiger partial charge in [0.1, 0.15) is 11.4 Å². The summed E-state index contributed by atoms with van der Waals surface area (Å²) in [6.45, 7) is 5.54. The fourth-order valence-electron chi connectivity index (χ4n) is 5.76. The first kappa shape index (κ1) is 34.0. The molecular weight excluding hydrogens is 568 g/mol. The molecule has 45 heavy (non-hydrogen) atoms. The van der Waals surface area contributed by atoms with Crippen LogP contribution in [-0.4, -0.2) is 53.5 Å². The molecule has 1 aliphatic carbocycles. The van der Waals surface area contributed by atoms with E-state index in [1.165, 1.54) is 42.6 Å². The molecule has 1 aliphatic rings. The molecule has 4 rings (SSSR count). The average Bonchev–Trinajstić information content (AvgIpc) is 3.03. The van der Waals surface area contributed by atoms with Crippen LogP contribution >= 0.6 is 0 Å². The Morgan fingerprint density at radius 2 is 1.60 bits per heavy atom. The molecule has 8 nitrogen and oxygen atoms in total. The number of benzene rings is 3. The van der Waals surface area contributed by atoms with E-state index in [4.69, 9.17) is 14.3 Å². The van der Waals surface area contributed by atoms with Crippen LogP contribution in [0, 0.1) is 5.92 Å². The van der Waals surface area contributed by atoms with Crippen molar-refractivity contribution in [3.8, 4) is 5.75 Å². The summed E-state index contributed by atoms with van der Waals surface area (Å²) in [6.07, 6.45) is 6.17. The summed E-state index contributed by atoms with van der Waals surface area (Å²) >= 11 is 0. The highest BCUT2D eigenvalue weighted by molar-refractivity contribution is 5.89. The van der Waals surface area contributed by atoms with Crippen molar-refractivity contribution in [3.05, 3.63) is 101 Å². The van der Waals surface area contributed by atoms with E-state index < -0.39 is 29.8 Å². The van der Waals surface area contributed by atoms with Crippen molar-refractivity contribution in [2.75, 3.05) is 13.7 Å². The molecule has 0 unspecified atom stereocenters. The van der Waals surface area contributed by atoms with Crippen LogP contribution in [-0.2, 0) is 29.0 Å². The topological polar surface area (TPSA) is 97.3 Å². The third-order valence-electron chi connectivity index (χ3n) is 8.04. The van der Waals surface area contributed by atoms with Gasteiger partial charge in [-0.15, -0.1) is 5.48 Å². The molecule has 1 amide bonds. The quantitative estimate of drug-likeness (QED) is 0.202. The molecule has 0 spiro atoms. The summed E-state index contributed by atoms with van der Waals surface area (Å²) in [5.74, 6) is 0.802. The molecule has 1 saturated carbocycles. The van der Waals surface area contributed by atoms with Crippen LogP contribution in [0.25, 0.3) is 0 Å². The Morgan fingerprint density at radius 3 is 2.31 bits per heavy atom. The first-order valence-electron chi connectivity index (χ1n) is 16.0. The second-order valence-electron chi connectivity index (χ2n) is 13.0. The molecule has 0 bridgehead atoms. The van der Waals surface area contributed by atoms with E-state index in [1.807, 2.05) is 42.5 Å². The minimum atomic E-state index is -1.10. The standard InChI is InChI=1S/C37H48N2O6/c1-37(2,3)44-36(42)39(25-30-17-12-20-32(23-30)43-4)26-34(40)33(38-45-35(41)31-18-9-6-10-19-31)24-29-16-11-15-28(22-29)21-27-13-7-5-8-14-27/h6,9-12,15-20,22-23,27,33-34,38,40H,5,7-8,13-14,21,24-26H2,1-4H3/t33-,34+/m0/s1. The van der Waals surface area contributed by atoms with E-state index in [0.29, 0.717) is 23.7 Å². The number of hydrogen-bond donors (Lipinski definition) is 2. The Morgan fingerprint density at radius 1 is 0.911 bits per heavy atom. The minimum Gasteiger partial charge on any atom is -0.497 e. The summed E-state index contributed by atoms with van der Waals surface area (Å²) in [5, 5.41) is 11.7. The van der Waals surface area contributed by atoms with Crippen molar-refractivity contribution < 1.29 is 29.0 Å². The number of carbonyl (C=O) groups excluding carboxylic acids is 2. The van der Waals surface area contributed by atoms with Crippen molar-refractivity contribution in [2.24, 2.45) is 5.92 Å². The highest BCUT2D eigenvalue weighted by atomic mass is 16.7. The number of carbonyl (C=O) groups is 2. The number of aliphatic hydroxyl groups is 1. The van der Waals surface area contributed by atoms with Gasteiger partial charge in [-0.1, -0.05) is 86.7 Å². The third-order valence-corrected chi connectivity index (χ3v) is 8.04. The van der Waals surface area contributed by atoms with Crippen LogP contribution in [0.4, 0.5) is 4.79 Å². The van der Waals surface area contributed by atoms with Crippen LogP contribution < -0.4 is 10.2 Å². The van der Waals surface area contributed by atoms with E-state index in [9.17, 15) is 14.7 Å². The van der Waals surface area contributed by atoms with Crippen LogP contribution in [0.1, 0.15) is 79.9 Å². The van der Waals surface area contributed by atoms with Gasteiger partial charge in [0, 0.05) is 6.54 Å². The Kier molecular flexibility index (Phi) is 12.4. The van der Waals surface area contributed by atoms with Gasteiger partial charge in [0.25, 0.3) is 0 Å². The zero-order chi connectivity index (χ0) is 32.2. The Bertz CT molecular complexity index is 1370. The van der Waals surface area contributed by atoms with Gasteiger partial charge >= 0.3 is 12.1 Å². The molecular formula is C37H48N2O6. The average molecular weight is 617 g/mol. The number of hydroxylamine groups is 1. The largest absolute Gasteiger partial charge is 0.497 e. The Hall–Kier alpha value is -3.88. The van der Waals surface area contributed by atoms with Crippen molar-refractivity contribution in [1.82, 2.24) is 10.4 Å². The highest BCUT2D eigenvalue weighted by Crippen LogP contribution is 2.27. The number of rotatable bonds is 13. The zero-order valence-electron chi connectivity index (χ0n) is 27.0. The van der Waals surface area contributed by atoms with Gasteiger partial charge in [-0.25, -0.2) is 9.59 Å². The van der Waals surface area contributed by atoms with Crippen LogP contribution in [0.3, 0.4) is 0 Å². The smallest absolute Gasteiger partial charge is 0.410 e. The maximum atomic E-state index is 13.4. The molecule has 2 N–H and O–H groups in total. The van der Waals surface area contributed by atoms with Crippen LogP contribution in [0.15, 0.2) is 78.9 Å². The third kappa shape index (κ3) is 11.2. The first-order chi connectivity index (χ1) is 21.6. The summed E-state index contributed by atoms with van der Waals surface area (Å²) in [4.78, 5) is 33.2. The van der Waals surface area contributed by atoms with E-state index in [1.54, 1.807) is 52.1 Å². The molecule has 0 aliphatic heterocycles. The number of amides is 1. The number of ether oxygens (including phenoxy) is 2. The first-order valence-corrected chi connectivity index (χ1v) is 16.0. The lowest BCUT2D eigenvalue weighted by molar-refractivity contribution is -0.0215. The number of aliphatic hydroxyl groups excluding tert-OH is 1. The van der Waals surface area contributed by atoms with Crippen LogP contribution in [0.2, 0.25) is 0 Å². The summed E-state index contributed by atoms with van der Waals surface area (Å²) in [6, 6.07) is 23.8. The van der Waals surface area contributed by atoms with Crippen molar-refractivity contribution in [3.63, 3.8) is 0 Å². The van der Waals surface area contributed by atoms with E-state index in [0.717, 1.165) is 17.5 Å². The fraction of sp³-hybridized carbons (Fsp3) is 0.459. The molecule has 3 aromatic rings. The van der Waals surface area contributed by atoms with Gasteiger partial charge in [-0.3, -0.25) is 0 Å². The second kappa shape index (κ2) is 16.4. The maximum Gasteiger partial charge on any atom is 0.410 e. The molecule has 0 radical (unpaired) electrons. The molecule has 242 valence electrons. The lowest BCUT2D eigenvalue weighted by Crippen LogP contribution is -2.50. The normalized spacial score (nSPS) is 15.1. The summed E-state index contributed by atoms with van der Waals surface area (Å²) in [5.41, 5.74) is 5.60. The SMILES string of the molecule is COc1cccc(CN(C[C@@H](O)[C@H](Cc2cccc(CC3CCCCC3)c2)NOC(=O)c2ccccc2)C(=O)OC(C)(C)C)c1. The van der Waals surface area contributed by atoms with E-state index in [-0.39, 0.29) is 13.1 Å². The van der Waals surface area contributed by atoms with E-state index in [2.05, 4.69) is 17.6 Å². The maximum absolute atomic E-state index is 13.4. The van der Waals surface area contributed by atoms with Crippen molar-refractivity contribution in [2.45, 2.75) is 90.0 Å². The van der Waals surface area contributed by atoms with Gasteiger partial charge in [0.05, 0.1) is 31.4 Å². The van der Waals surface area contributed by atoms with Gasteiger partial charge in [0.15, 0.2) is 0 Å². The molecule has 1 fully saturated rings. The number of methoxy groups -OCH3 is 1. The number of nitrogens with one attached hydrogen (secondary N) is 1. The summed E-state index contributed by atoms with van der Waals surface area (Å²) in [7, 11) is 1.59. The zero-order valence-corrected chi connectivity index (χ0v) is 27.0. The lowest BCUT2D eigenvalue weighted by Gasteiger charge is -2.31. The molecule has 8 heteroatoms. The molecule has 3 aromatic carbocycles.